The SMILES string of the molecule is CNC(C)(C)CCCCC(C)=O. The van der Waals surface area contributed by atoms with Gasteiger partial charge in [0.2, 0.25) is 0 Å². The Morgan fingerprint density at radius 2 is 1.92 bits per heavy atom. The Kier molecular flexibility index (Phi) is 5.14. The lowest BCUT2D eigenvalue weighted by molar-refractivity contribution is -0.117. The van der Waals surface area contributed by atoms with Crippen LogP contribution in [0.1, 0.15) is 46.5 Å². The lowest BCUT2D eigenvalue weighted by Gasteiger charge is -2.23. The summed E-state index contributed by atoms with van der Waals surface area (Å²) in [6.45, 7) is 6.02. The van der Waals surface area contributed by atoms with E-state index in [1.807, 2.05) is 7.05 Å². The summed E-state index contributed by atoms with van der Waals surface area (Å²) < 4.78 is 0. The Labute approximate surface area is 75.7 Å². The van der Waals surface area contributed by atoms with Gasteiger partial charge in [-0.1, -0.05) is 6.42 Å². The maximum atomic E-state index is 10.6. The molecule has 0 aromatic heterocycles. The predicted octanol–water partition coefficient (Wildman–Crippen LogP) is 2.13. The number of Topliss-reactive ketones (excluding diaryl/α,β-unsaturated/α-hetero) is 1. The highest BCUT2D eigenvalue weighted by Gasteiger charge is 2.13. The number of unbranched alkanes of at least 4 members (excludes halogenated alkanes) is 1. The molecule has 0 bridgehead atoms. The molecule has 0 heterocycles. The number of carbonyl (C=O) groups is 1. The van der Waals surface area contributed by atoms with E-state index >= 15 is 0 Å². The first-order chi connectivity index (χ1) is 5.48. The molecule has 0 amide bonds. The molecule has 0 unspecified atom stereocenters. The Morgan fingerprint density at radius 3 is 2.33 bits per heavy atom. The molecular formula is C10H21NO. The fourth-order valence-corrected chi connectivity index (χ4v) is 1.07. The van der Waals surface area contributed by atoms with Crippen molar-refractivity contribution in [3.63, 3.8) is 0 Å². The van der Waals surface area contributed by atoms with Crippen LogP contribution in [0.3, 0.4) is 0 Å². The number of ketones is 1. The molecular weight excluding hydrogens is 150 g/mol. The summed E-state index contributed by atoms with van der Waals surface area (Å²) in [5, 5.41) is 3.24. The average Bonchev–Trinajstić information content (AvgIpc) is 1.98. The van der Waals surface area contributed by atoms with Gasteiger partial charge in [-0.15, -0.1) is 0 Å². The highest BCUT2D eigenvalue weighted by Crippen LogP contribution is 2.12. The highest BCUT2D eigenvalue weighted by molar-refractivity contribution is 5.75. The summed E-state index contributed by atoms with van der Waals surface area (Å²) >= 11 is 0. The van der Waals surface area contributed by atoms with Crippen molar-refractivity contribution in [1.82, 2.24) is 5.32 Å². The standard InChI is InChI=1S/C10H21NO/c1-9(12)7-5-6-8-10(2,3)11-4/h11H,5-8H2,1-4H3. The van der Waals surface area contributed by atoms with Gasteiger partial charge in [-0.2, -0.15) is 0 Å². The van der Waals surface area contributed by atoms with E-state index in [-0.39, 0.29) is 5.54 Å². The lowest BCUT2D eigenvalue weighted by atomic mass is 9.97. The first-order valence-corrected chi connectivity index (χ1v) is 4.66. The van der Waals surface area contributed by atoms with E-state index in [9.17, 15) is 4.79 Å². The number of hydrogen-bond acceptors (Lipinski definition) is 2. The molecule has 0 atom stereocenters. The van der Waals surface area contributed by atoms with Gasteiger partial charge in [0.25, 0.3) is 0 Å². The normalized spacial score (nSPS) is 11.7. The molecule has 0 aromatic carbocycles. The van der Waals surface area contributed by atoms with E-state index in [4.69, 9.17) is 0 Å². The largest absolute Gasteiger partial charge is 0.315 e. The van der Waals surface area contributed by atoms with Crippen molar-refractivity contribution in [2.75, 3.05) is 7.05 Å². The number of nitrogens with one attached hydrogen (secondary N) is 1. The number of hydrogen-bond donors (Lipinski definition) is 1. The van der Waals surface area contributed by atoms with E-state index in [2.05, 4.69) is 19.2 Å². The van der Waals surface area contributed by atoms with Gasteiger partial charge in [0, 0.05) is 12.0 Å². The quantitative estimate of drug-likeness (QED) is 0.620. The van der Waals surface area contributed by atoms with Crippen molar-refractivity contribution in [3.05, 3.63) is 0 Å². The van der Waals surface area contributed by atoms with Crippen LogP contribution in [0.15, 0.2) is 0 Å². The lowest BCUT2D eigenvalue weighted by Crippen LogP contribution is -2.35. The van der Waals surface area contributed by atoms with Crippen LogP contribution >= 0.6 is 0 Å². The summed E-state index contributed by atoms with van der Waals surface area (Å²) in [5.41, 5.74) is 0.219. The molecule has 0 fully saturated rings. The molecule has 2 heteroatoms. The Hall–Kier alpha value is -0.370. The third-order valence-electron chi connectivity index (χ3n) is 2.26. The van der Waals surface area contributed by atoms with E-state index in [1.165, 1.54) is 0 Å². The predicted molar refractivity (Wildman–Crippen MR) is 52.3 cm³/mol. The second-order valence-electron chi connectivity index (χ2n) is 4.04. The van der Waals surface area contributed by atoms with E-state index in [0.717, 1.165) is 25.7 Å². The minimum absolute atomic E-state index is 0.219. The molecule has 1 N–H and O–H groups in total. The van der Waals surface area contributed by atoms with Crippen molar-refractivity contribution < 1.29 is 4.79 Å². The van der Waals surface area contributed by atoms with Crippen molar-refractivity contribution in [1.29, 1.82) is 0 Å². The van der Waals surface area contributed by atoms with Crippen LogP contribution in [0.4, 0.5) is 0 Å². The first kappa shape index (κ1) is 11.6. The summed E-state index contributed by atoms with van der Waals surface area (Å²) in [6, 6.07) is 0. The van der Waals surface area contributed by atoms with E-state index < -0.39 is 0 Å². The zero-order valence-corrected chi connectivity index (χ0v) is 8.74. The van der Waals surface area contributed by atoms with Crippen molar-refractivity contribution in [3.8, 4) is 0 Å². The van der Waals surface area contributed by atoms with Gasteiger partial charge in [-0.25, -0.2) is 0 Å². The Morgan fingerprint density at radius 1 is 1.33 bits per heavy atom. The van der Waals surface area contributed by atoms with Gasteiger partial charge in [-0.3, -0.25) is 0 Å². The van der Waals surface area contributed by atoms with Gasteiger partial charge >= 0.3 is 0 Å². The molecule has 0 saturated carbocycles. The fraction of sp³-hybridized carbons (Fsp3) is 0.900. The van der Waals surface area contributed by atoms with E-state index in [0.29, 0.717) is 5.78 Å². The van der Waals surface area contributed by atoms with Crippen molar-refractivity contribution in [2.24, 2.45) is 0 Å². The molecule has 0 spiro atoms. The van der Waals surface area contributed by atoms with Crippen LogP contribution in [0.2, 0.25) is 0 Å². The summed E-state index contributed by atoms with van der Waals surface area (Å²) in [4.78, 5) is 10.6. The van der Waals surface area contributed by atoms with Crippen LogP contribution in [0.5, 0.6) is 0 Å². The van der Waals surface area contributed by atoms with Crippen LogP contribution in [0, 0.1) is 0 Å². The highest BCUT2D eigenvalue weighted by atomic mass is 16.1. The third-order valence-corrected chi connectivity index (χ3v) is 2.26. The average molecular weight is 171 g/mol. The smallest absolute Gasteiger partial charge is 0.129 e. The zero-order chi connectivity index (χ0) is 9.61. The third kappa shape index (κ3) is 6.35. The van der Waals surface area contributed by atoms with Gasteiger partial charge < -0.3 is 10.1 Å². The zero-order valence-electron chi connectivity index (χ0n) is 8.74. The second kappa shape index (κ2) is 5.31. The molecule has 0 aromatic rings. The Bertz CT molecular complexity index is 141. The minimum atomic E-state index is 0.219. The monoisotopic (exact) mass is 171 g/mol. The summed E-state index contributed by atoms with van der Waals surface area (Å²) in [6.07, 6.45) is 4.03. The summed E-state index contributed by atoms with van der Waals surface area (Å²) in [7, 11) is 1.98. The Balaban J connectivity index is 3.37. The molecule has 2 nitrogen and oxygen atoms in total. The summed E-state index contributed by atoms with van der Waals surface area (Å²) in [5.74, 6) is 0.303. The number of carbonyl (C=O) groups excluding carboxylic acids is 1. The maximum absolute atomic E-state index is 10.6. The fourth-order valence-electron chi connectivity index (χ4n) is 1.07. The van der Waals surface area contributed by atoms with Gasteiger partial charge in [0.05, 0.1) is 0 Å². The van der Waals surface area contributed by atoms with Crippen LogP contribution in [-0.2, 0) is 4.79 Å². The molecule has 0 aliphatic heterocycles. The molecule has 0 rings (SSSR count). The molecule has 0 saturated heterocycles. The molecule has 72 valence electrons. The van der Waals surface area contributed by atoms with Gasteiger partial charge in [0.15, 0.2) is 0 Å². The van der Waals surface area contributed by atoms with Crippen LogP contribution in [0.25, 0.3) is 0 Å². The maximum Gasteiger partial charge on any atom is 0.129 e. The molecule has 12 heavy (non-hydrogen) atoms. The first-order valence-electron chi connectivity index (χ1n) is 4.66. The molecule has 0 radical (unpaired) electrons. The molecule has 0 aliphatic rings. The molecule has 0 aliphatic carbocycles. The van der Waals surface area contributed by atoms with Crippen LogP contribution in [-0.4, -0.2) is 18.4 Å². The van der Waals surface area contributed by atoms with Gasteiger partial charge in [-0.05, 0) is 40.7 Å². The minimum Gasteiger partial charge on any atom is -0.315 e. The van der Waals surface area contributed by atoms with Gasteiger partial charge in [0.1, 0.15) is 5.78 Å². The van der Waals surface area contributed by atoms with Crippen molar-refractivity contribution in [2.45, 2.75) is 52.0 Å². The number of rotatable bonds is 6. The topological polar surface area (TPSA) is 29.1 Å². The second-order valence-corrected chi connectivity index (χ2v) is 4.04. The van der Waals surface area contributed by atoms with Crippen molar-refractivity contribution >= 4 is 5.78 Å². The van der Waals surface area contributed by atoms with Crippen LogP contribution < -0.4 is 5.32 Å². The van der Waals surface area contributed by atoms with E-state index in [1.54, 1.807) is 6.92 Å².